The minimum atomic E-state index is 0.775. The van der Waals surface area contributed by atoms with Gasteiger partial charge in [0.15, 0.2) is 0 Å². The molecule has 0 fully saturated rings. The molecule has 0 aliphatic carbocycles. The van der Waals surface area contributed by atoms with Crippen LogP contribution in [0.25, 0.3) is 21.8 Å². The van der Waals surface area contributed by atoms with Gasteiger partial charge in [-0.25, -0.2) is 0 Å². The highest BCUT2D eigenvalue weighted by molar-refractivity contribution is 6.31. The van der Waals surface area contributed by atoms with Crippen LogP contribution in [-0.2, 0) is 6.54 Å². The lowest BCUT2D eigenvalue weighted by atomic mass is 10.1. The average Bonchev–Trinajstić information content (AvgIpc) is 2.89. The van der Waals surface area contributed by atoms with E-state index in [2.05, 4.69) is 52.1 Å². The number of pyridine rings is 1. The summed E-state index contributed by atoms with van der Waals surface area (Å²) in [6.45, 7) is 0.843. The van der Waals surface area contributed by atoms with Crippen molar-refractivity contribution in [2.75, 3.05) is 0 Å². The molecule has 4 rings (SSSR count). The van der Waals surface area contributed by atoms with Crippen LogP contribution in [0.15, 0.2) is 67.0 Å². The Hall–Kier alpha value is -2.32. The van der Waals surface area contributed by atoms with E-state index in [9.17, 15) is 0 Å². The lowest BCUT2D eigenvalue weighted by molar-refractivity contribution is 0.838. The fourth-order valence-electron chi connectivity index (χ4n) is 2.73. The van der Waals surface area contributed by atoms with Gasteiger partial charge >= 0.3 is 0 Å². The van der Waals surface area contributed by atoms with Crippen LogP contribution in [0.3, 0.4) is 0 Å². The van der Waals surface area contributed by atoms with Gasteiger partial charge in [0, 0.05) is 40.3 Å². The van der Waals surface area contributed by atoms with Crippen LogP contribution in [0.4, 0.5) is 0 Å². The van der Waals surface area contributed by atoms with Crippen LogP contribution in [-0.4, -0.2) is 9.55 Å². The van der Waals surface area contributed by atoms with Gasteiger partial charge in [-0.1, -0.05) is 23.7 Å². The van der Waals surface area contributed by atoms with Gasteiger partial charge in [0.1, 0.15) is 0 Å². The standard InChI is InChI=1S/C18H13ClN2/c19-16-4-6-18-15(11-16)7-9-21(18)12-13-3-5-17-14(10-13)2-1-8-20-17/h1-11H,12H2. The summed E-state index contributed by atoms with van der Waals surface area (Å²) in [7, 11) is 0. The van der Waals surface area contributed by atoms with Crippen molar-refractivity contribution in [3.05, 3.63) is 77.6 Å². The third-order valence-electron chi connectivity index (χ3n) is 3.75. The van der Waals surface area contributed by atoms with Gasteiger partial charge in [0.25, 0.3) is 0 Å². The summed E-state index contributed by atoms with van der Waals surface area (Å²) in [5, 5.41) is 3.12. The van der Waals surface area contributed by atoms with E-state index >= 15 is 0 Å². The van der Waals surface area contributed by atoms with E-state index in [0.717, 1.165) is 17.1 Å². The third-order valence-corrected chi connectivity index (χ3v) is 3.99. The highest BCUT2D eigenvalue weighted by atomic mass is 35.5. The summed E-state index contributed by atoms with van der Waals surface area (Å²) in [6, 6.07) is 18.6. The highest BCUT2D eigenvalue weighted by Gasteiger charge is 2.03. The van der Waals surface area contributed by atoms with Crippen LogP contribution in [0.5, 0.6) is 0 Å². The number of rotatable bonds is 2. The van der Waals surface area contributed by atoms with E-state index in [1.165, 1.54) is 21.9 Å². The second-order valence-electron chi connectivity index (χ2n) is 5.18. The Bertz CT molecular complexity index is 940. The molecule has 2 aromatic heterocycles. The van der Waals surface area contributed by atoms with Crippen LogP contribution < -0.4 is 0 Å². The van der Waals surface area contributed by atoms with Gasteiger partial charge in [-0.3, -0.25) is 4.98 Å². The van der Waals surface area contributed by atoms with E-state index in [1.54, 1.807) is 0 Å². The van der Waals surface area contributed by atoms with Gasteiger partial charge in [-0.15, -0.1) is 0 Å². The SMILES string of the molecule is Clc1ccc2c(ccn2Cc2ccc3ncccc3c2)c1. The molecule has 0 bridgehead atoms. The first kappa shape index (κ1) is 12.4. The minimum absolute atomic E-state index is 0.775. The number of benzene rings is 2. The lowest BCUT2D eigenvalue weighted by Crippen LogP contribution is -1.97. The second-order valence-corrected chi connectivity index (χ2v) is 5.61. The summed E-state index contributed by atoms with van der Waals surface area (Å²) >= 11 is 6.04. The molecule has 102 valence electrons. The second kappa shape index (κ2) is 4.90. The Kier molecular flexibility index (Phi) is 2.90. The number of aromatic nitrogens is 2. The zero-order chi connectivity index (χ0) is 14.2. The summed E-state index contributed by atoms with van der Waals surface area (Å²) < 4.78 is 2.24. The van der Waals surface area contributed by atoms with Crippen LogP contribution in [0, 0.1) is 0 Å². The fraction of sp³-hybridized carbons (Fsp3) is 0.0556. The van der Waals surface area contributed by atoms with E-state index in [-0.39, 0.29) is 0 Å². The molecule has 4 aromatic rings. The number of hydrogen-bond acceptors (Lipinski definition) is 1. The van der Waals surface area contributed by atoms with Gasteiger partial charge < -0.3 is 4.57 Å². The Morgan fingerprint density at radius 2 is 1.90 bits per heavy atom. The average molecular weight is 293 g/mol. The van der Waals surface area contributed by atoms with E-state index < -0.39 is 0 Å². The molecule has 0 spiro atoms. The molecule has 0 aliphatic rings. The molecule has 0 saturated heterocycles. The van der Waals surface area contributed by atoms with Gasteiger partial charge in [0.05, 0.1) is 5.52 Å². The fourth-order valence-corrected chi connectivity index (χ4v) is 2.91. The molecule has 21 heavy (non-hydrogen) atoms. The number of fused-ring (bicyclic) bond motifs is 2. The van der Waals surface area contributed by atoms with Crippen molar-refractivity contribution in [3.63, 3.8) is 0 Å². The molecule has 0 aliphatic heterocycles. The Labute approximate surface area is 127 Å². The first-order valence-electron chi connectivity index (χ1n) is 6.88. The molecular weight excluding hydrogens is 280 g/mol. The molecular formula is C18H13ClN2. The van der Waals surface area contributed by atoms with Crippen molar-refractivity contribution < 1.29 is 0 Å². The zero-order valence-corrected chi connectivity index (χ0v) is 12.1. The molecule has 3 heteroatoms. The predicted octanol–water partition coefficient (Wildman–Crippen LogP) is 4.89. The van der Waals surface area contributed by atoms with Crippen molar-refractivity contribution in [1.29, 1.82) is 0 Å². The molecule has 0 atom stereocenters. The molecule has 2 aromatic carbocycles. The number of hydrogen-bond donors (Lipinski definition) is 0. The topological polar surface area (TPSA) is 17.8 Å². The Balaban J connectivity index is 1.75. The monoisotopic (exact) mass is 292 g/mol. The lowest BCUT2D eigenvalue weighted by Gasteiger charge is -2.07. The van der Waals surface area contributed by atoms with Crippen LogP contribution >= 0.6 is 11.6 Å². The van der Waals surface area contributed by atoms with Crippen molar-refractivity contribution in [2.24, 2.45) is 0 Å². The molecule has 2 heterocycles. The van der Waals surface area contributed by atoms with E-state index in [4.69, 9.17) is 11.6 Å². The molecule has 0 N–H and O–H groups in total. The molecule has 0 amide bonds. The maximum absolute atomic E-state index is 6.04. The number of halogens is 1. The summed E-state index contributed by atoms with van der Waals surface area (Å²) in [4.78, 5) is 4.36. The predicted molar refractivity (Wildman–Crippen MR) is 87.8 cm³/mol. The molecule has 0 radical (unpaired) electrons. The first-order valence-corrected chi connectivity index (χ1v) is 7.25. The van der Waals surface area contributed by atoms with Crippen LogP contribution in [0.2, 0.25) is 5.02 Å². The van der Waals surface area contributed by atoms with Gasteiger partial charge in [0.2, 0.25) is 0 Å². The van der Waals surface area contributed by atoms with Crippen molar-refractivity contribution >= 4 is 33.4 Å². The first-order chi connectivity index (χ1) is 10.3. The maximum Gasteiger partial charge on any atom is 0.0702 e. The normalized spacial score (nSPS) is 11.3. The Morgan fingerprint density at radius 3 is 2.86 bits per heavy atom. The molecule has 2 nitrogen and oxygen atoms in total. The van der Waals surface area contributed by atoms with E-state index in [1.807, 2.05) is 24.4 Å². The molecule has 0 saturated carbocycles. The minimum Gasteiger partial charge on any atom is -0.343 e. The van der Waals surface area contributed by atoms with Gasteiger partial charge in [-0.05, 0) is 48.0 Å². The summed E-state index contributed by atoms with van der Waals surface area (Å²) in [6.07, 6.45) is 3.93. The van der Waals surface area contributed by atoms with Gasteiger partial charge in [-0.2, -0.15) is 0 Å². The van der Waals surface area contributed by atoms with Crippen LogP contribution in [0.1, 0.15) is 5.56 Å². The highest BCUT2D eigenvalue weighted by Crippen LogP contribution is 2.22. The largest absolute Gasteiger partial charge is 0.343 e. The molecule has 0 unspecified atom stereocenters. The maximum atomic E-state index is 6.04. The van der Waals surface area contributed by atoms with Crippen molar-refractivity contribution in [3.8, 4) is 0 Å². The summed E-state index contributed by atoms with van der Waals surface area (Å²) in [5.41, 5.74) is 3.50. The summed E-state index contributed by atoms with van der Waals surface area (Å²) in [5.74, 6) is 0. The van der Waals surface area contributed by atoms with Crippen molar-refractivity contribution in [1.82, 2.24) is 9.55 Å². The Morgan fingerprint density at radius 1 is 0.952 bits per heavy atom. The quantitative estimate of drug-likeness (QED) is 0.514. The zero-order valence-electron chi connectivity index (χ0n) is 11.3. The number of nitrogens with zero attached hydrogens (tertiary/aromatic N) is 2. The smallest absolute Gasteiger partial charge is 0.0702 e. The third kappa shape index (κ3) is 2.28. The van der Waals surface area contributed by atoms with Crippen molar-refractivity contribution in [2.45, 2.75) is 6.54 Å². The van der Waals surface area contributed by atoms with E-state index in [0.29, 0.717) is 0 Å².